The van der Waals surface area contributed by atoms with Crippen LogP contribution in [0.5, 0.6) is 5.75 Å². The molecule has 1 saturated heterocycles. The van der Waals surface area contributed by atoms with Gasteiger partial charge in [0.1, 0.15) is 12.4 Å². The van der Waals surface area contributed by atoms with E-state index in [4.69, 9.17) is 10.00 Å². The van der Waals surface area contributed by atoms with Crippen molar-refractivity contribution in [3.63, 3.8) is 0 Å². The first-order chi connectivity index (χ1) is 10.1. The molecule has 0 amide bonds. The Morgan fingerprint density at radius 1 is 1.24 bits per heavy atom. The predicted octanol–water partition coefficient (Wildman–Crippen LogP) is 3.64. The van der Waals surface area contributed by atoms with Crippen LogP contribution in [0.1, 0.15) is 38.7 Å². The minimum atomic E-state index is 0.463. The number of nitrogens with zero attached hydrogens (tertiary/aromatic N) is 2. The number of rotatable bonds is 6. The van der Waals surface area contributed by atoms with Crippen molar-refractivity contribution >= 4 is 0 Å². The monoisotopic (exact) mass is 286 g/mol. The molecule has 114 valence electrons. The summed E-state index contributed by atoms with van der Waals surface area (Å²) in [7, 11) is 0. The molecule has 1 aliphatic heterocycles. The van der Waals surface area contributed by atoms with Gasteiger partial charge in [0, 0.05) is 6.54 Å². The van der Waals surface area contributed by atoms with Crippen LogP contribution in [-0.4, -0.2) is 31.1 Å². The van der Waals surface area contributed by atoms with Crippen molar-refractivity contribution in [1.82, 2.24) is 4.90 Å². The molecule has 0 saturated carbocycles. The van der Waals surface area contributed by atoms with Gasteiger partial charge >= 0.3 is 0 Å². The average Bonchev–Trinajstić information content (AvgIpc) is 2.51. The molecule has 2 rings (SSSR count). The molecular formula is C18H26N2O. The number of piperidine rings is 1. The van der Waals surface area contributed by atoms with E-state index >= 15 is 0 Å². The number of ether oxygens (including phenoxy) is 1. The number of likely N-dealkylation sites (tertiary alicyclic amines) is 1. The minimum Gasteiger partial charge on any atom is -0.492 e. The second kappa shape index (κ2) is 7.47. The van der Waals surface area contributed by atoms with Gasteiger partial charge in [-0.25, -0.2) is 0 Å². The highest BCUT2D eigenvalue weighted by Crippen LogP contribution is 2.33. The lowest BCUT2D eigenvalue weighted by Gasteiger charge is -2.38. The first kappa shape index (κ1) is 15.9. The number of benzene rings is 1. The fourth-order valence-corrected chi connectivity index (χ4v) is 2.76. The summed E-state index contributed by atoms with van der Waals surface area (Å²) in [5, 5.41) is 8.64. The van der Waals surface area contributed by atoms with E-state index in [1.54, 1.807) is 0 Å². The SMILES string of the molecule is CCC1(C)CCN(CCOc2ccc(CC#N)cc2)CC1. The van der Waals surface area contributed by atoms with Crippen molar-refractivity contribution in [3.05, 3.63) is 29.8 Å². The second-order valence-corrected chi connectivity index (χ2v) is 6.33. The zero-order valence-electron chi connectivity index (χ0n) is 13.3. The first-order valence-corrected chi connectivity index (χ1v) is 7.96. The molecule has 3 heteroatoms. The van der Waals surface area contributed by atoms with Gasteiger partial charge in [0.05, 0.1) is 12.5 Å². The number of hydrogen-bond donors (Lipinski definition) is 0. The highest BCUT2D eigenvalue weighted by atomic mass is 16.5. The molecular weight excluding hydrogens is 260 g/mol. The molecule has 21 heavy (non-hydrogen) atoms. The Morgan fingerprint density at radius 2 is 1.90 bits per heavy atom. The van der Waals surface area contributed by atoms with Crippen molar-refractivity contribution in [2.45, 2.75) is 39.5 Å². The molecule has 0 spiro atoms. The van der Waals surface area contributed by atoms with Gasteiger partial charge in [0.25, 0.3) is 0 Å². The predicted molar refractivity (Wildman–Crippen MR) is 85.3 cm³/mol. The van der Waals surface area contributed by atoms with E-state index in [-0.39, 0.29) is 0 Å². The van der Waals surface area contributed by atoms with Crippen molar-refractivity contribution in [3.8, 4) is 11.8 Å². The minimum absolute atomic E-state index is 0.463. The third-order valence-electron chi connectivity index (χ3n) is 4.80. The van der Waals surface area contributed by atoms with Crippen LogP contribution in [0.2, 0.25) is 0 Å². The molecule has 0 aromatic heterocycles. The molecule has 1 heterocycles. The van der Waals surface area contributed by atoms with Crippen LogP contribution in [0.25, 0.3) is 0 Å². The fraction of sp³-hybridized carbons (Fsp3) is 0.611. The molecule has 1 aliphatic rings. The van der Waals surface area contributed by atoms with Gasteiger partial charge in [-0.05, 0) is 49.0 Å². The van der Waals surface area contributed by atoms with Gasteiger partial charge in [0.15, 0.2) is 0 Å². The van der Waals surface area contributed by atoms with Crippen molar-refractivity contribution < 1.29 is 4.74 Å². The van der Waals surface area contributed by atoms with E-state index in [2.05, 4.69) is 24.8 Å². The molecule has 1 aromatic rings. The standard InChI is InChI=1S/C18H26N2O/c1-3-18(2)9-12-20(13-10-18)14-15-21-17-6-4-16(5-7-17)8-11-19/h4-7H,3,8-10,12-15H2,1-2H3. The molecule has 1 aromatic carbocycles. The first-order valence-electron chi connectivity index (χ1n) is 7.96. The van der Waals surface area contributed by atoms with Crippen LogP contribution in [0.15, 0.2) is 24.3 Å². The highest BCUT2D eigenvalue weighted by molar-refractivity contribution is 5.28. The topological polar surface area (TPSA) is 36.3 Å². The number of hydrogen-bond acceptors (Lipinski definition) is 3. The van der Waals surface area contributed by atoms with E-state index in [9.17, 15) is 0 Å². The zero-order valence-corrected chi connectivity index (χ0v) is 13.3. The van der Waals surface area contributed by atoms with E-state index in [0.717, 1.165) is 24.5 Å². The Kier molecular flexibility index (Phi) is 5.64. The summed E-state index contributed by atoms with van der Waals surface area (Å²) in [5.74, 6) is 0.895. The Morgan fingerprint density at radius 3 is 2.48 bits per heavy atom. The van der Waals surface area contributed by atoms with Crippen LogP contribution < -0.4 is 4.74 Å². The summed E-state index contributed by atoms with van der Waals surface area (Å²) < 4.78 is 5.80. The van der Waals surface area contributed by atoms with Gasteiger partial charge in [-0.1, -0.05) is 32.4 Å². The molecule has 0 unspecified atom stereocenters. The lowest BCUT2D eigenvalue weighted by atomic mass is 9.78. The van der Waals surface area contributed by atoms with Gasteiger partial charge in [-0.15, -0.1) is 0 Å². The summed E-state index contributed by atoms with van der Waals surface area (Å²) >= 11 is 0. The van der Waals surface area contributed by atoms with E-state index in [0.29, 0.717) is 11.8 Å². The van der Waals surface area contributed by atoms with Gasteiger partial charge < -0.3 is 4.74 Å². The van der Waals surface area contributed by atoms with E-state index in [1.807, 2.05) is 24.3 Å². The van der Waals surface area contributed by atoms with Crippen LogP contribution in [0.3, 0.4) is 0 Å². The summed E-state index contributed by atoms with van der Waals surface area (Å²) in [6.45, 7) is 8.82. The maximum atomic E-state index is 8.64. The van der Waals surface area contributed by atoms with Crippen molar-refractivity contribution in [2.24, 2.45) is 5.41 Å². The van der Waals surface area contributed by atoms with Crippen LogP contribution in [-0.2, 0) is 6.42 Å². The third kappa shape index (κ3) is 4.75. The lowest BCUT2D eigenvalue weighted by Crippen LogP contribution is -2.40. The molecule has 1 fully saturated rings. The third-order valence-corrected chi connectivity index (χ3v) is 4.80. The van der Waals surface area contributed by atoms with Gasteiger partial charge in [-0.2, -0.15) is 5.26 Å². The molecule has 0 bridgehead atoms. The summed E-state index contributed by atoms with van der Waals surface area (Å²) in [6, 6.07) is 9.99. The Hall–Kier alpha value is -1.53. The summed E-state index contributed by atoms with van der Waals surface area (Å²) in [5.41, 5.74) is 1.59. The van der Waals surface area contributed by atoms with Crippen molar-refractivity contribution in [2.75, 3.05) is 26.2 Å². The summed E-state index contributed by atoms with van der Waals surface area (Å²) in [4.78, 5) is 2.50. The van der Waals surface area contributed by atoms with Gasteiger partial charge in [-0.3, -0.25) is 4.90 Å². The summed E-state index contributed by atoms with van der Waals surface area (Å²) in [6.07, 6.45) is 4.34. The van der Waals surface area contributed by atoms with Crippen LogP contribution >= 0.6 is 0 Å². The maximum Gasteiger partial charge on any atom is 0.119 e. The normalized spacial score (nSPS) is 18.1. The highest BCUT2D eigenvalue weighted by Gasteiger charge is 2.27. The fourth-order valence-electron chi connectivity index (χ4n) is 2.76. The molecule has 0 N–H and O–H groups in total. The Balaban J connectivity index is 1.69. The number of nitriles is 1. The van der Waals surface area contributed by atoms with E-state index < -0.39 is 0 Å². The van der Waals surface area contributed by atoms with Crippen LogP contribution in [0.4, 0.5) is 0 Å². The second-order valence-electron chi connectivity index (χ2n) is 6.33. The van der Waals surface area contributed by atoms with Crippen molar-refractivity contribution in [1.29, 1.82) is 5.26 Å². The van der Waals surface area contributed by atoms with Gasteiger partial charge in [0.2, 0.25) is 0 Å². The Labute approximate surface area is 128 Å². The Bertz CT molecular complexity index is 467. The lowest BCUT2D eigenvalue weighted by molar-refractivity contribution is 0.101. The largest absolute Gasteiger partial charge is 0.492 e. The quantitative estimate of drug-likeness (QED) is 0.801. The average molecular weight is 286 g/mol. The zero-order chi connectivity index (χ0) is 15.1. The molecule has 0 radical (unpaired) electrons. The smallest absolute Gasteiger partial charge is 0.119 e. The molecule has 0 atom stereocenters. The van der Waals surface area contributed by atoms with E-state index in [1.165, 1.54) is 32.4 Å². The molecule has 0 aliphatic carbocycles. The maximum absolute atomic E-state index is 8.64. The van der Waals surface area contributed by atoms with Crippen LogP contribution in [0, 0.1) is 16.7 Å². The molecule has 3 nitrogen and oxygen atoms in total.